The Kier molecular flexibility index (Phi) is 6.02. The molecule has 0 aliphatic carbocycles. The first kappa shape index (κ1) is 18.1. The number of nitrogens with zero attached hydrogens (tertiary/aromatic N) is 3. The summed E-state index contributed by atoms with van der Waals surface area (Å²) in [6.45, 7) is 7.66. The van der Waals surface area contributed by atoms with Crippen molar-refractivity contribution in [3.05, 3.63) is 29.8 Å². The van der Waals surface area contributed by atoms with E-state index in [2.05, 4.69) is 39.0 Å². The Morgan fingerprint density at radius 1 is 1.00 bits per heavy atom. The van der Waals surface area contributed by atoms with E-state index in [1.807, 2.05) is 11.8 Å². The molecule has 1 amide bonds. The number of ether oxygens (including phenoxy) is 1. The number of carbonyl (C=O) groups excluding carboxylic acids is 1. The third-order valence-electron chi connectivity index (χ3n) is 5.61. The molecule has 5 nitrogen and oxygen atoms in total. The Bertz CT molecular complexity index is 598. The molecular formula is C20H29N3O2S. The van der Waals surface area contributed by atoms with Crippen LogP contribution in [0.2, 0.25) is 0 Å². The van der Waals surface area contributed by atoms with Gasteiger partial charge in [-0.3, -0.25) is 9.69 Å². The molecule has 0 radical (unpaired) electrons. The van der Waals surface area contributed by atoms with Crippen LogP contribution < -0.4 is 4.90 Å². The van der Waals surface area contributed by atoms with Crippen LogP contribution in [0.25, 0.3) is 0 Å². The van der Waals surface area contributed by atoms with Gasteiger partial charge in [0.25, 0.3) is 0 Å². The van der Waals surface area contributed by atoms with E-state index in [0.29, 0.717) is 12.3 Å². The molecule has 3 aliphatic rings. The lowest BCUT2D eigenvalue weighted by Crippen LogP contribution is -2.45. The number of morpholine rings is 1. The third kappa shape index (κ3) is 4.18. The van der Waals surface area contributed by atoms with Gasteiger partial charge in [0, 0.05) is 57.1 Å². The van der Waals surface area contributed by atoms with E-state index >= 15 is 0 Å². The lowest BCUT2D eigenvalue weighted by molar-refractivity contribution is -0.132. The normalized spacial score (nSPS) is 25.1. The van der Waals surface area contributed by atoms with Crippen molar-refractivity contribution in [2.24, 2.45) is 0 Å². The molecule has 1 atom stereocenters. The second-order valence-electron chi connectivity index (χ2n) is 7.30. The quantitative estimate of drug-likeness (QED) is 0.791. The van der Waals surface area contributed by atoms with E-state index in [-0.39, 0.29) is 5.37 Å². The highest BCUT2D eigenvalue weighted by atomic mass is 32.2. The van der Waals surface area contributed by atoms with Crippen LogP contribution in [0, 0.1) is 0 Å². The summed E-state index contributed by atoms with van der Waals surface area (Å²) in [6.07, 6.45) is 3.25. The smallest absolute Gasteiger partial charge is 0.224 e. The zero-order chi connectivity index (χ0) is 17.8. The van der Waals surface area contributed by atoms with Gasteiger partial charge in [-0.15, -0.1) is 11.8 Å². The van der Waals surface area contributed by atoms with Crippen LogP contribution in [0.5, 0.6) is 0 Å². The first-order valence-electron chi connectivity index (χ1n) is 9.87. The summed E-state index contributed by atoms with van der Waals surface area (Å²) < 4.78 is 5.43. The van der Waals surface area contributed by atoms with Gasteiger partial charge in [-0.05, 0) is 30.5 Å². The largest absolute Gasteiger partial charge is 0.379 e. The van der Waals surface area contributed by atoms with E-state index in [0.717, 1.165) is 45.1 Å². The molecular weight excluding hydrogens is 346 g/mol. The van der Waals surface area contributed by atoms with Gasteiger partial charge in [-0.25, -0.2) is 0 Å². The maximum Gasteiger partial charge on any atom is 0.224 e. The first-order valence-corrected chi connectivity index (χ1v) is 10.9. The van der Waals surface area contributed by atoms with E-state index < -0.39 is 0 Å². The molecule has 3 fully saturated rings. The van der Waals surface area contributed by atoms with Crippen LogP contribution >= 0.6 is 11.8 Å². The Balaban J connectivity index is 1.42. The standard InChI is InChI=1S/C20H29N3O2S/c24-19-7-16-26-20(23(19)11-10-21-12-14-25-15-13-21)17-3-5-18(6-4-17)22-8-1-2-9-22/h3-6,20H,1-2,7-16H2. The van der Waals surface area contributed by atoms with E-state index in [9.17, 15) is 4.79 Å². The van der Waals surface area contributed by atoms with Crippen molar-refractivity contribution >= 4 is 23.4 Å². The minimum absolute atomic E-state index is 0.157. The van der Waals surface area contributed by atoms with Crippen molar-refractivity contribution in [3.8, 4) is 0 Å². The molecule has 1 unspecified atom stereocenters. The van der Waals surface area contributed by atoms with Gasteiger partial charge in [-0.2, -0.15) is 0 Å². The Labute approximate surface area is 160 Å². The number of benzene rings is 1. The van der Waals surface area contributed by atoms with Crippen molar-refractivity contribution < 1.29 is 9.53 Å². The molecule has 1 aromatic carbocycles. The summed E-state index contributed by atoms with van der Waals surface area (Å²) >= 11 is 1.90. The van der Waals surface area contributed by atoms with Crippen molar-refractivity contribution in [3.63, 3.8) is 0 Å². The van der Waals surface area contributed by atoms with Crippen molar-refractivity contribution in [2.45, 2.75) is 24.6 Å². The molecule has 26 heavy (non-hydrogen) atoms. The highest BCUT2D eigenvalue weighted by Gasteiger charge is 2.30. The zero-order valence-electron chi connectivity index (χ0n) is 15.4. The van der Waals surface area contributed by atoms with Gasteiger partial charge >= 0.3 is 0 Å². The maximum absolute atomic E-state index is 12.6. The van der Waals surface area contributed by atoms with Gasteiger partial charge in [0.05, 0.1) is 13.2 Å². The summed E-state index contributed by atoms with van der Waals surface area (Å²) in [5.74, 6) is 1.22. The second-order valence-corrected chi connectivity index (χ2v) is 8.49. The fourth-order valence-electron chi connectivity index (χ4n) is 4.04. The Morgan fingerprint density at radius 2 is 1.73 bits per heavy atom. The summed E-state index contributed by atoms with van der Waals surface area (Å²) in [4.78, 5) is 19.5. The van der Waals surface area contributed by atoms with Gasteiger partial charge in [0.2, 0.25) is 5.91 Å². The van der Waals surface area contributed by atoms with Gasteiger partial charge < -0.3 is 14.5 Å². The zero-order valence-corrected chi connectivity index (χ0v) is 16.3. The van der Waals surface area contributed by atoms with Crippen LogP contribution in [-0.4, -0.2) is 73.9 Å². The van der Waals surface area contributed by atoms with Crippen molar-refractivity contribution in [1.82, 2.24) is 9.80 Å². The highest BCUT2D eigenvalue weighted by Crippen LogP contribution is 2.38. The number of amides is 1. The predicted molar refractivity (Wildman–Crippen MR) is 107 cm³/mol. The predicted octanol–water partition coefficient (Wildman–Crippen LogP) is 2.58. The molecule has 3 aliphatic heterocycles. The SMILES string of the molecule is O=C1CCSC(c2ccc(N3CCCC3)cc2)N1CCN1CCOCC1. The second kappa shape index (κ2) is 8.63. The lowest BCUT2D eigenvalue weighted by atomic mass is 10.1. The number of rotatable bonds is 5. The van der Waals surface area contributed by atoms with Crippen LogP contribution in [0.3, 0.4) is 0 Å². The molecule has 142 valence electrons. The fraction of sp³-hybridized carbons (Fsp3) is 0.650. The Morgan fingerprint density at radius 3 is 2.46 bits per heavy atom. The molecule has 4 rings (SSSR count). The average Bonchev–Trinajstić information content (AvgIpc) is 3.23. The third-order valence-corrected chi connectivity index (χ3v) is 6.89. The molecule has 0 spiro atoms. The summed E-state index contributed by atoms with van der Waals surface area (Å²) in [6, 6.07) is 8.93. The topological polar surface area (TPSA) is 36.0 Å². The molecule has 0 N–H and O–H groups in total. The number of hydrogen-bond donors (Lipinski definition) is 0. The van der Waals surface area contributed by atoms with E-state index in [1.165, 1.54) is 37.2 Å². The number of carbonyl (C=O) groups is 1. The van der Waals surface area contributed by atoms with Gasteiger partial charge in [0.1, 0.15) is 5.37 Å². The van der Waals surface area contributed by atoms with Gasteiger partial charge in [-0.1, -0.05) is 12.1 Å². The minimum Gasteiger partial charge on any atom is -0.379 e. The molecule has 6 heteroatoms. The van der Waals surface area contributed by atoms with Crippen molar-refractivity contribution in [1.29, 1.82) is 0 Å². The summed E-state index contributed by atoms with van der Waals surface area (Å²) in [5.41, 5.74) is 2.58. The number of hydrogen-bond acceptors (Lipinski definition) is 5. The van der Waals surface area contributed by atoms with Crippen LogP contribution in [0.1, 0.15) is 30.2 Å². The van der Waals surface area contributed by atoms with E-state index in [4.69, 9.17) is 4.74 Å². The van der Waals surface area contributed by atoms with Crippen LogP contribution in [-0.2, 0) is 9.53 Å². The lowest BCUT2D eigenvalue weighted by Gasteiger charge is -2.37. The highest BCUT2D eigenvalue weighted by molar-refractivity contribution is 7.99. The van der Waals surface area contributed by atoms with Crippen LogP contribution in [0.15, 0.2) is 24.3 Å². The van der Waals surface area contributed by atoms with Crippen LogP contribution in [0.4, 0.5) is 5.69 Å². The summed E-state index contributed by atoms with van der Waals surface area (Å²) in [7, 11) is 0. The van der Waals surface area contributed by atoms with E-state index in [1.54, 1.807) is 0 Å². The number of thioether (sulfide) groups is 1. The maximum atomic E-state index is 12.6. The molecule has 0 bridgehead atoms. The van der Waals surface area contributed by atoms with Gasteiger partial charge in [0.15, 0.2) is 0 Å². The molecule has 3 heterocycles. The van der Waals surface area contributed by atoms with Crippen molar-refractivity contribution in [2.75, 3.05) is 63.1 Å². The fourth-order valence-corrected chi connectivity index (χ4v) is 5.31. The number of anilines is 1. The molecule has 0 saturated carbocycles. The average molecular weight is 376 g/mol. The molecule has 3 saturated heterocycles. The summed E-state index contributed by atoms with van der Waals surface area (Å²) in [5, 5.41) is 0.157. The minimum atomic E-state index is 0.157. The molecule has 0 aromatic heterocycles. The first-order chi connectivity index (χ1) is 12.8. The Hall–Kier alpha value is -1.24. The molecule has 1 aromatic rings. The monoisotopic (exact) mass is 375 g/mol.